The molecule has 0 unspecified atom stereocenters. The molecule has 0 radical (unpaired) electrons. The molecule has 0 heterocycles. The zero-order chi connectivity index (χ0) is 5.15. The molecule has 0 aromatic rings. The highest BCUT2D eigenvalue weighted by Gasteiger charge is 1.91. The number of hydrogen-bond acceptors (Lipinski definition) is 0. The van der Waals surface area contributed by atoms with E-state index in [2.05, 4.69) is 31.9 Å². The summed E-state index contributed by atoms with van der Waals surface area (Å²) in [6.07, 6.45) is 0. The Balaban J connectivity index is 3.68. The Morgan fingerprint density at radius 1 is 1.00 bits per heavy atom. The third-order valence-electron chi connectivity index (χ3n) is 0.143. The quantitative estimate of drug-likeness (QED) is 0.590. The maximum absolute atomic E-state index is 11.2. The average molecular weight is 222 g/mol. The van der Waals surface area contributed by atoms with E-state index in [1.54, 1.807) is 0 Å². The first kappa shape index (κ1) is 6.56. The van der Waals surface area contributed by atoms with E-state index in [0.29, 0.717) is 0 Å². The molecule has 0 aliphatic rings. The molecule has 0 rings (SSSR count). The van der Waals surface area contributed by atoms with Crippen molar-refractivity contribution in [2.75, 3.05) is 0 Å². The lowest BCUT2D eigenvalue weighted by atomic mass is 11.2. The first-order valence-corrected chi connectivity index (χ1v) is 2.59. The molecule has 0 amide bonds. The summed E-state index contributed by atoms with van der Waals surface area (Å²) in [5.74, 6) is 0. The molecule has 0 bridgehead atoms. The lowest BCUT2D eigenvalue weighted by molar-refractivity contribution is 0.623. The molecule has 0 aromatic carbocycles. The number of halogens is 4. The van der Waals surface area contributed by atoms with Gasteiger partial charge in [-0.25, -0.2) is 0 Å². The summed E-state index contributed by atoms with van der Waals surface area (Å²) in [5.41, 5.74) is 0. The van der Waals surface area contributed by atoms with Crippen molar-refractivity contribution in [1.29, 1.82) is 0 Å². The number of hydrogen-bond donors (Lipinski definition) is 0. The summed E-state index contributed by atoms with van der Waals surface area (Å²) < 4.78 is 20.4. The highest BCUT2D eigenvalue weighted by Crippen LogP contribution is 2.18. The van der Waals surface area contributed by atoms with E-state index < -0.39 is 9.47 Å². The van der Waals surface area contributed by atoms with Crippen molar-refractivity contribution in [2.45, 2.75) is 0 Å². The fourth-order valence-corrected chi connectivity index (χ4v) is 0. The predicted molar refractivity (Wildman–Crippen MR) is 27.1 cm³/mol. The minimum absolute atomic E-state index is 1.01. The predicted octanol–water partition coefficient (Wildman–Crippen LogP) is 2.84. The van der Waals surface area contributed by atoms with Crippen LogP contribution in [-0.4, -0.2) is 0 Å². The van der Waals surface area contributed by atoms with Gasteiger partial charge >= 0.3 is 0 Å². The molecule has 0 aliphatic heterocycles. The molecule has 0 aliphatic carbocycles. The van der Waals surface area contributed by atoms with Gasteiger partial charge in [-0.3, -0.25) is 0 Å². The van der Waals surface area contributed by atoms with Crippen LogP contribution in [0.5, 0.6) is 0 Å². The average Bonchev–Trinajstić information content (AvgIpc) is 1.36. The summed E-state index contributed by atoms with van der Waals surface area (Å²) in [5, 5.41) is 0. The Morgan fingerprint density at radius 2 is 1.17 bits per heavy atom. The van der Waals surface area contributed by atoms with Crippen LogP contribution in [0.1, 0.15) is 0 Å². The van der Waals surface area contributed by atoms with Gasteiger partial charge in [-0.1, -0.05) is 0 Å². The first-order valence-electron chi connectivity index (χ1n) is 1.01. The van der Waals surface area contributed by atoms with Crippen molar-refractivity contribution in [3.63, 3.8) is 0 Å². The fraction of sp³-hybridized carbons (Fsp3) is 0. The normalized spacial score (nSPS) is 14.0. The lowest BCUT2D eigenvalue weighted by Gasteiger charge is -1.73. The second-order valence-electron chi connectivity index (χ2n) is 0.521. The summed E-state index contributed by atoms with van der Waals surface area (Å²) in [6, 6.07) is 0. The molecule has 36 valence electrons. The molecule has 0 spiro atoms. The third kappa shape index (κ3) is 2.78. The van der Waals surface area contributed by atoms with Gasteiger partial charge in [0.2, 0.25) is 9.47 Å². The van der Waals surface area contributed by atoms with E-state index in [0.717, 1.165) is 0 Å². The summed E-state index contributed by atoms with van der Waals surface area (Å²) in [6.45, 7) is 0. The summed E-state index contributed by atoms with van der Waals surface area (Å²) >= 11 is 4.46. The van der Waals surface area contributed by atoms with Crippen molar-refractivity contribution in [3.8, 4) is 0 Å². The van der Waals surface area contributed by atoms with E-state index in [1.165, 1.54) is 0 Å². The molecule has 4 heteroatoms. The molecule has 6 heavy (non-hydrogen) atoms. The second-order valence-corrected chi connectivity index (χ2v) is 1.91. The van der Waals surface area contributed by atoms with Crippen LogP contribution in [0.25, 0.3) is 0 Å². The molecule has 0 atom stereocenters. The summed E-state index contributed by atoms with van der Waals surface area (Å²) in [4.78, 5) is 0. The molecule has 0 saturated heterocycles. The van der Waals surface area contributed by atoms with Crippen molar-refractivity contribution in [1.82, 2.24) is 0 Å². The van der Waals surface area contributed by atoms with Crippen molar-refractivity contribution >= 4 is 31.9 Å². The maximum Gasteiger partial charge on any atom is 0.208 e. The minimum atomic E-state index is -1.01. The maximum atomic E-state index is 11.2. The monoisotopic (exact) mass is 220 g/mol. The highest BCUT2D eigenvalue weighted by molar-refractivity contribution is 9.14. The smallest absolute Gasteiger partial charge is 0.195 e. The lowest BCUT2D eigenvalue weighted by Crippen LogP contribution is -1.50. The summed E-state index contributed by atoms with van der Waals surface area (Å²) in [7, 11) is 0. The van der Waals surface area contributed by atoms with Crippen molar-refractivity contribution < 1.29 is 8.78 Å². The largest absolute Gasteiger partial charge is 0.208 e. The van der Waals surface area contributed by atoms with Crippen LogP contribution in [0.4, 0.5) is 8.78 Å². The first-order chi connectivity index (χ1) is 2.64. The van der Waals surface area contributed by atoms with Gasteiger partial charge in [0.1, 0.15) is 0 Å². The van der Waals surface area contributed by atoms with Gasteiger partial charge in [0.15, 0.2) is 0 Å². The molecular weight excluding hydrogens is 222 g/mol. The Bertz CT molecular complexity index is 59.6. The van der Waals surface area contributed by atoms with E-state index >= 15 is 0 Å². The molecule has 0 N–H and O–H groups in total. The Morgan fingerprint density at radius 3 is 1.17 bits per heavy atom. The molecular formula is C2Br2F2. The van der Waals surface area contributed by atoms with Gasteiger partial charge in [-0.15, -0.1) is 0 Å². The fourth-order valence-electron chi connectivity index (χ4n) is 0. The van der Waals surface area contributed by atoms with Gasteiger partial charge in [-0.05, 0) is 31.9 Å². The molecule has 0 fully saturated rings. The van der Waals surface area contributed by atoms with Crippen LogP contribution < -0.4 is 0 Å². The Labute approximate surface area is 50.5 Å². The van der Waals surface area contributed by atoms with Crippen LogP contribution in [0.3, 0.4) is 0 Å². The zero-order valence-electron chi connectivity index (χ0n) is 2.51. The van der Waals surface area contributed by atoms with Crippen LogP contribution in [0.2, 0.25) is 0 Å². The van der Waals surface area contributed by atoms with Gasteiger partial charge in [0.25, 0.3) is 0 Å². The van der Waals surface area contributed by atoms with Crippen molar-refractivity contribution in [2.24, 2.45) is 0 Å². The van der Waals surface area contributed by atoms with Crippen LogP contribution in [0, 0.1) is 0 Å². The molecule has 0 nitrogen and oxygen atoms in total. The van der Waals surface area contributed by atoms with Crippen molar-refractivity contribution in [3.05, 3.63) is 9.47 Å². The molecule has 0 saturated carbocycles. The van der Waals surface area contributed by atoms with Gasteiger partial charge in [-0.2, -0.15) is 8.78 Å². The Kier molecular flexibility index (Phi) is 2.94. The van der Waals surface area contributed by atoms with Gasteiger partial charge < -0.3 is 0 Å². The topological polar surface area (TPSA) is 0 Å². The van der Waals surface area contributed by atoms with E-state index in [1.807, 2.05) is 0 Å². The van der Waals surface area contributed by atoms with Crippen LogP contribution in [0.15, 0.2) is 9.47 Å². The molecule has 0 aromatic heterocycles. The second kappa shape index (κ2) is 2.69. The van der Waals surface area contributed by atoms with Crippen LogP contribution in [-0.2, 0) is 0 Å². The van der Waals surface area contributed by atoms with Gasteiger partial charge in [0.05, 0.1) is 0 Å². The van der Waals surface area contributed by atoms with E-state index in [9.17, 15) is 8.78 Å². The van der Waals surface area contributed by atoms with E-state index in [4.69, 9.17) is 0 Å². The Hall–Kier alpha value is 0.560. The highest BCUT2D eigenvalue weighted by atomic mass is 79.9. The van der Waals surface area contributed by atoms with Gasteiger partial charge in [0, 0.05) is 0 Å². The van der Waals surface area contributed by atoms with E-state index in [-0.39, 0.29) is 0 Å². The number of rotatable bonds is 0. The third-order valence-corrected chi connectivity index (χ3v) is 1.37. The minimum Gasteiger partial charge on any atom is -0.195 e. The standard InChI is InChI=1S/C2Br2F2/c3-1(5)2(4)6/b2-1-. The zero-order valence-corrected chi connectivity index (χ0v) is 5.68. The van der Waals surface area contributed by atoms with Crippen LogP contribution >= 0.6 is 31.9 Å². The SMILES string of the molecule is F/C(Br)=C(\F)Br.